The number of rotatable bonds is 7. The van der Waals surface area contributed by atoms with E-state index in [1.54, 1.807) is 29.4 Å². The molecule has 9 heteroatoms. The Hall–Kier alpha value is -2.49. The maximum absolute atomic E-state index is 13.0. The fourth-order valence-electron chi connectivity index (χ4n) is 3.70. The van der Waals surface area contributed by atoms with E-state index in [1.165, 1.54) is 15.6 Å². The van der Waals surface area contributed by atoms with Gasteiger partial charge in [-0.1, -0.05) is 26.0 Å². The number of thiazole rings is 1. The van der Waals surface area contributed by atoms with Crippen molar-refractivity contribution in [1.82, 2.24) is 14.2 Å². The summed E-state index contributed by atoms with van der Waals surface area (Å²) in [5.41, 5.74) is 1.84. The Morgan fingerprint density at radius 3 is 2.50 bits per heavy atom. The Balaban J connectivity index is 1.34. The van der Waals surface area contributed by atoms with Crippen molar-refractivity contribution < 1.29 is 17.6 Å². The molecule has 0 aliphatic carbocycles. The second-order valence-electron chi connectivity index (χ2n) is 7.96. The lowest BCUT2D eigenvalue weighted by Gasteiger charge is -2.34. The number of hydrogen-bond acceptors (Lipinski definition) is 6. The fourth-order valence-corrected chi connectivity index (χ4v) is 5.91. The predicted octanol–water partition coefficient (Wildman–Crippen LogP) is 3.99. The smallest absolute Gasteiger partial charge is 0.243 e. The molecule has 1 saturated heterocycles. The first-order valence-corrected chi connectivity index (χ1v) is 13.1. The highest BCUT2D eigenvalue weighted by Crippen LogP contribution is 2.25. The molecule has 1 amide bonds. The van der Waals surface area contributed by atoms with Crippen LogP contribution in [-0.4, -0.2) is 54.7 Å². The van der Waals surface area contributed by atoms with Crippen LogP contribution < -0.4 is 0 Å². The average Bonchev–Trinajstić information content (AvgIpc) is 3.51. The summed E-state index contributed by atoms with van der Waals surface area (Å²) in [5, 5.41) is 2.60. The van der Waals surface area contributed by atoms with E-state index in [2.05, 4.69) is 18.8 Å². The van der Waals surface area contributed by atoms with Crippen LogP contribution in [0.5, 0.6) is 0 Å². The van der Waals surface area contributed by atoms with Crippen molar-refractivity contribution in [1.29, 1.82) is 0 Å². The van der Waals surface area contributed by atoms with Gasteiger partial charge in [-0.05, 0) is 42.2 Å². The predicted molar refractivity (Wildman–Crippen MR) is 124 cm³/mol. The van der Waals surface area contributed by atoms with E-state index in [9.17, 15) is 13.2 Å². The Kier molecular flexibility index (Phi) is 6.78. The van der Waals surface area contributed by atoms with Crippen molar-refractivity contribution in [2.24, 2.45) is 0 Å². The zero-order valence-electron chi connectivity index (χ0n) is 18.2. The molecule has 2 aromatic heterocycles. The minimum Gasteiger partial charge on any atom is -0.462 e. The van der Waals surface area contributed by atoms with Crippen LogP contribution in [0.2, 0.25) is 0 Å². The second-order valence-corrected chi connectivity index (χ2v) is 10.8. The number of sulfonamides is 1. The van der Waals surface area contributed by atoms with Crippen LogP contribution in [0, 0.1) is 0 Å². The van der Waals surface area contributed by atoms with Gasteiger partial charge in [0.2, 0.25) is 15.9 Å². The summed E-state index contributed by atoms with van der Waals surface area (Å²) in [6.07, 6.45) is 2.79. The molecule has 3 aromatic rings. The van der Waals surface area contributed by atoms with Crippen LogP contribution in [0.4, 0.5) is 0 Å². The highest BCUT2D eigenvalue weighted by Gasteiger charge is 2.30. The number of nitrogens with zero attached hydrogens (tertiary/aromatic N) is 3. The van der Waals surface area contributed by atoms with E-state index >= 15 is 0 Å². The lowest BCUT2D eigenvalue weighted by molar-refractivity contribution is -0.131. The van der Waals surface area contributed by atoms with E-state index in [0.29, 0.717) is 35.4 Å². The molecule has 1 aliphatic heterocycles. The van der Waals surface area contributed by atoms with Crippen molar-refractivity contribution >= 4 is 27.3 Å². The molecule has 3 heterocycles. The van der Waals surface area contributed by atoms with Crippen molar-refractivity contribution in [3.05, 3.63) is 59.3 Å². The second kappa shape index (κ2) is 9.56. The van der Waals surface area contributed by atoms with Gasteiger partial charge in [-0.3, -0.25) is 4.79 Å². The van der Waals surface area contributed by atoms with Gasteiger partial charge in [0.25, 0.3) is 0 Å². The van der Waals surface area contributed by atoms with Crippen molar-refractivity contribution in [3.63, 3.8) is 0 Å². The first kappa shape index (κ1) is 22.7. The number of carbonyl (C=O) groups is 1. The van der Waals surface area contributed by atoms with Gasteiger partial charge >= 0.3 is 0 Å². The minimum atomic E-state index is -3.57. The number of hydrogen-bond donors (Lipinski definition) is 0. The van der Waals surface area contributed by atoms with Crippen LogP contribution in [0.25, 0.3) is 10.8 Å². The summed E-state index contributed by atoms with van der Waals surface area (Å²) in [4.78, 5) is 19.2. The van der Waals surface area contributed by atoms with Crippen molar-refractivity contribution in [2.45, 2.75) is 37.5 Å². The average molecular weight is 474 g/mol. The van der Waals surface area contributed by atoms with E-state index in [1.807, 2.05) is 23.6 Å². The molecule has 1 aromatic carbocycles. The molecular formula is C23H27N3O4S2. The highest BCUT2D eigenvalue weighted by atomic mass is 32.2. The Morgan fingerprint density at radius 1 is 1.16 bits per heavy atom. The van der Waals surface area contributed by atoms with Crippen LogP contribution in [0.1, 0.15) is 37.4 Å². The van der Waals surface area contributed by atoms with Gasteiger partial charge in [0.1, 0.15) is 0 Å². The standard InChI is InChI=1S/C23H27N3O4S2/c1-3-17(2)18-6-8-20(9-7-18)32(28,29)26-12-10-25(11-13-26)22(27)15-19-16-31-23(24-19)21-5-4-14-30-21/h4-9,14,16-17H,3,10-13,15H2,1-2H3. The van der Waals surface area contributed by atoms with Gasteiger partial charge in [0, 0.05) is 31.6 Å². The van der Waals surface area contributed by atoms with Gasteiger partial charge in [-0.15, -0.1) is 11.3 Å². The monoisotopic (exact) mass is 473 g/mol. The maximum Gasteiger partial charge on any atom is 0.243 e. The topological polar surface area (TPSA) is 83.7 Å². The van der Waals surface area contributed by atoms with E-state index in [0.717, 1.165) is 17.0 Å². The van der Waals surface area contributed by atoms with E-state index in [4.69, 9.17) is 4.42 Å². The zero-order chi connectivity index (χ0) is 22.7. The Morgan fingerprint density at radius 2 is 1.88 bits per heavy atom. The molecule has 0 spiro atoms. The molecule has 170 valence electrons. The van der Waals surface area contributed by atoms with E-state index in [-0.39, 0.29) is 25.4 Å². The van der Waals surface area contributed by atoms with E-state index < -0.39 is 10.0 Å². The summed E-state index contributed by atoms with van der Waals surface area (Å²) in [6.45, 7) is 5.56. The normalized spacial score (nSPS) is 16.2. The lowest BCUT2D eigenvalue weighted by atomic mass is 9.99. The van der Waals surface area contributed by atoms with Gasteiger partial charge in [-0.25, -0.2) is 13.4 Å². The molecule has 0 N–H and O–H groups in total. The largest absolute Gasteiger partial charge is 0.462 e. The third-order valence-corrected chi connectivity index (χ3v) is 8.73. The SMILES string of the molecule is CCC(C)c1ccc(S(=O)(=O)N2CCN(C(=O)Cc3csc(-c4ccco4)n3)CC2)cc1. The third-order valence-electron chi connectivity index (χ3n) is 5.91. The van der Waals surface area contributed by atoms with Crippen LogP contribution >= 0.6 is 11.3 Å². The molecular weight excluding hydrogens is 446 g/mol. The van der Waals surface area contributed by atoms with Crippen molar-refractivity contribution in [2.75, 3.05) is 26.2 Å². The van der Waals surface area contributed by atoms with Gasteiger partial charge in [-0.2, -0.15) is 4.31 Å². The lowest BCUT2D eigenvalue weighted by Crippen LogP contribution is -2.50. The molecule has 7 nitrogen and oxygen atoms in total. The number of benzene rings is 1. The Labute approximate surface area is 192 Å². The number of aromatic nitrogens is 1. The van der Waals surface area contributed by atoms with Crippen LogP contribution in [0.15, 0.2) is 57.4 Å². The highest BCUT2D eigenvalue weighted by molar-refractivity contribution is 7.89. The molecule has 32 heavy (non-hydrogen) atoms. The quantitative estimate of drug-likeness (QED) is 0.518. The van der Waals surface area contributed by atoms with Gasteiger partial charge in [0.05, 0.1) is 23.3 Å². The van der Waals surface area contributed by atoms with Gasteiger partial charge in [0.15, 0.2) is 10.8 Å². The number of furan rings is 1. The molecule has 0 saturated carbocycles. The minimum absolute atomic E-state index is 0.0451. The van der Waals surface area contributed by atoms with Gasteiger partial charge < -0.3 is 9.32 Å². The van der Waals surface area contributed by atoms with Crippen molar-refractivity contribution in [3.8, 4) is 10.8 Å². The first-order valence-electron chi connectivity index (χ1n) is 10.7. The molecule has 0 bridgehead atoms. The molecule has 1 unspecified atom stereocenters. The Bertz CT molecular complexity index is 1150. The summed E-state index contributed by atoms with van der Waals surface area (Å²) >= 11 is 1.44. The fraction of sp³-hybridized carbons (Fsp3) is 0.391. The molecule has 1 atom stereocenters. The third kappa shape index (κ3) is 4.79. The number of amides is 1. The molecule has 0 radical (unpaired) electrons. The summed E-state index contributed by atoms with van der Waals surface area (Å²) in [7, 11) is -3.57. The number of piperazine rings is 1. The van der Waals surface area contributed by atoms with Crippen LogP contribution in [0.3, 0.4) is 0 Å². The number of carbonyl (C=O) groups excluding carboxylic acids is 1. The zero-order valence-corrected chi connectivity index (χ0v) is 19.9. The molecule has 1 aliphatic rings. The maximum atomic E-state index is 13.0. The first-order chi connectivity index (χ1) is 15.4. The van der Waals surface area contributed by atoms with Crippen LogP contribution in [-0.2, 0) is 21.2 Å². The summed E-state index contributed by atoms with van der Waals surface area (Å²) in [5.74, 6) is 1.04. The molecule has 1 fully saturated rings. The molecule has 4 rings (SSSR count). The summed E-state index contributed by atoms with van der Waals surface area (Å²) in [6, 6.07) is 10.8. The summed E-state index contributed by atoms with van der Waals surface area (Å²) < 4.78 is 32.9.